The number of fused-ring (bicyclic) bond motifs is 3. The molecule has 4 aromatic rings. The van der Waals surface area contributed by atoms with Crippen LogP contribution in [0.5, 0.6) is 5.75 Å². The number of halogens is 1. The van der Waals surface area contributed by atoms with Gasteiger partial charge in [0.1, 0.15) is 19.0 Å². The van der Waals surface area contributed by atoms with Crippen LogP contribution >= 0.6 is 11.3 Å². The summed E-state index contributed by atoms with van der Waals surface area (Å²) >= 11 is 1.60. The monoisotopic (exact) mass is 469 g/mol. The number of hydrogen-bond acceptors (Lipinski definition) is 4. The van der Waals surface area contributed by atoms with E-state index in [0.29, 0.717) is 5.75 Å². The van der Waals surface area contributed by atoms with E-state index >= 15 is 0 Å². The molecule has 0 unspecified atom stereocenters. The van der Waals surface area contributed by atoms with Crippen molar-refractivity contribution in [3.63, 3.8) is 0 Å². The molecule has 0 amide bonds. The lowest BCUT2D eigenvalue weighted by molar-refractivity contribution is 0.273. The van der Waals surface area contributed by atoms with Crippen LogP contribution in [0.15, 0.2) is 73.5 Å². The molecule has 0 spiro atoms. The molecule has 6 heteroatoms. The lowest BCUT2D eigenvalue weighted by Crippen LogP contribution is -1.98. The van der Waals surface area contributed by atoms with Gasteiger partial charge >= 0.3 is 0 Å². The summed E-state index contributed by atoms with van der Waals surface area (Å²) in [5, 5.41) is 3.11. The topological polar surface area (TPSA) is 38.6 Å². The average Bonchev–Trinajstić information content (AvgIpc) is 3.43. The van der Waals surface area contributed by atoms with E-state index in [-0.39, 0.29) is 6.61 Å². The number of imidazole rings is 1. The maximum Gasteiger partial charge on any atom is 0.195 e. The van der Waals surface area contributed by atoms with Gasteiger partial charge in [-0.3, -0.25) is 4.40 Å². The Morgan fingerprint density at radius 1 is 1.15 bits per heavy atom. The Hall–Kier alpha value is -3.12. The molecule has 0 saturated carbocycles. The van der Waals surface area contributed by atoms with Gasteiger partial charge in [0.15, 0.2) is 4.96 Å². The number of nitrogens with one attached hydrogen (secondary N) is 1. The predicted octanol–water partition coefficient (Wildman–Crippen LogP) is 8.41. The number of aromatic nitrogens is 2. The largest absolute Gasteiger partial charge is 0.491 e. The number of anilines is 1. The molecule has 4 rings (SSSR count). The standard InChI is InChI=1S/C18H16FN3OS.C5H8.2C2H6/c1-20-13-4-2-12(3-5-13)15-11-22-16-7-6-14(23-9-8-19)10-17(16)24-18(22)21-15;1-4-5(2)3;2*1-2/h2-7,10-11,20H,8-9H2,1H3;4H,1-2H2,3H3;2*1-2H3. The fraction of sp³-hybridized carbons (Fsp3) is 0.296. The lowest BCUT2D eigenvalue weighted by Gasteiger charge is -2.03. The number of alkyl halides is 1. The number of nitrogens with zero attached hydrogens (tertiary/aromatic N) is 2. The van der Waals surface area contributed by atoms with E-state index in [1.54, 1.807) is 17.4 Å². The highest BCUT2D eigenvalue weighted by molar-refractivity contribution is 7.23. The molecule has 2 heterocycles. The van der Waals surface area contributed by atoms with E-state index in [4.69, 9.17) is 9.72 Å². The smallest absolute Gasteiger partial charge is 0.195 e. The maximum absolute atomic E-state index is 12.2. The number of allylic oxidation sites excluding steroid dienone is 2. The van der Waals surface area contributed by atoms with E-state index in [1.165, 1.54) is 0 Å². The van der Waals surface area contributed by atoms with Gasteiger partial charge in [0, 0.05) is 24.5 Å². The first kappa shape index (κ1) is 27.9. The quantitative estimate of drug-likeness (QED) is 0.288. The summed E-state index contributed by atoms with van der Waals surface area (Å²) in [6, 6.07) is 14.0. The Labute approximate surface area is 201 Å². The van der Waals surface area contributed by atoms with Gasteiger partial charge in [0.05, 0.1) is 15.9 Å². The van der Waals surface area contributed by atoms with Crippen LogP contribution in [-0.4, -0.2) is 29.7 Å². The molecule has 2 aromatic carbocycles. The summed E-state index contributed by atoms with van der Waals surface area (Å²) in [4.78, 5) is 5.66. The van der Waals surface area contributed by atoms with Crippen molar-refractivity contribution in [1.82, 2.24) is 9.38 Å². The first-order valence-electron chi connectivity index (χ1n) is 11.2. The molecule has 0 aliphatic heterocycles. The maximum atomic E-state index is 12.2. The van der Waals surface area contributed by atoms with Crippen LogP contribution < -0.4 is 10.1 Å². The highest BCUT2D eigenvalue weighted by Gasteiger charge is 2.11. The second kappa shape index (κ2) is 14.9. The van der Waals surface area contributed by atoms with Gasteiger partial charge < -0.3 is 10.1 Å². The molecule has 0 aliphatic rings. The molecule has 4 nitrogen and oxygen atoms in total. The average molecular weight is 470 g/mol. The Kier molecular flexibility index (Phi) is 12.6. The highest BCUT2D eigenvalue weighted by Crippen LogP contribution is 2.32. The number of benzene rings is 2. The Balaban J connectivity index is 0.000000529. The zero-order valence-electron chi connectivity index (χ0n) is 20.6. The molecule has 178 valence electrons. The molecular formula is C27H36FN3OS. The molecule has 0 fully saturated rings. The van der Waals surface area contributed by atoms with Crippen molar-refractivity contribution in [1.29, 1.82) is 0 Å². The SMILES string of the molecule is C=CC(=C)C.CC.CC.CNc1ccc(-c2cn3c(n2)sc2cc(OCCF)ccc23)cc1. The fourth-order valence-electron chi connectivity index (χ4n) is 2.67. The molecule has 0 aliphatic carbocycles. The zero-order valence-corrected chi connectivity index (χ0v) is 21.4. The number of ether oxygens (including phenoxy) is 1. The highest BCUT2D eigenvalue weighted by atomic mass is 32.1. The predicted molar refractivity (Wildman–Crippen MR) is 145 cm³/mol. The van der Waals surface area contributed by atoms with Crippen molar-refractivity contribution in [2.45, 2.75) is 34.6 Å². The first-order chi connectivity index (χ1) is 16.0. The summed E-state index contributed by atoms with van der Waals surface area (Å²) in [7, 11) is 1.90. The number of hydrogen-bond donors (Lipinski definition) is 1. The first-order valence-corrected chi connectivity index (χ1v) is 12.0. The molecule has 0 atom stereocenters. The summed E-state index contributed by atoms with van der Waals surface area (Å²) in [5.74, 6) is 0.688. The second-order valence-corrected chi connectivity index (χ2v) is 7.43. The van der Waals surface area contributed by atoms with Crippen LogP contribution in [0.2, 0.25) is 0 Å². The van der Waals surface area contributed by atoms with Gasteiger partial charge in [-0.15, -0.1) is 0 Å². The third-order valence-electron chi connectivity index (χ3n) is 4.23. The van der Waals surface area contributed by atoms with Gasteiger partial charge in [-0.05, 0) is 37.3 Å². The van der Waals surface area contributed by atoms with Gasteiger partial charge in [0.2, 0.25) is 0 Å². The summed E-state index contributed by atoms with van der Waals surface area (Å²) in [6.45, 7) is 16.5. The van der Waals surface area contributed by atoms with E-state index in [2.05, 4.69) is 35.0 Å². The van der Waals surface area contributed by atoms with Crippen molar-refractivity contribution in [2.24, 2.45) is 0 Å². The van der Waals surface area contributed by atoms with Crippen LogP contribution in [-0.2, 0) is 0 Å². The van der Waals surface area contributed by atoms with Gasteiger partial charge in [0.25, 0.3) is 0 Å². The van der Waals surface area contributed by atoms with E-state index in [0.717, 1.165) is 37.7 Å². The van der Waals surface area contributed by atoms with E-state index in [1.807, 2.05) is 78.2 Å². The minimum Gasteiger partial charge on any atom is -0.491 e. The normalized spacial score (nSPS) is 9.55. The van der Waals surface area contributed by atoms with Crippen LogP contribution in [0, 0.1) is 0 Å². The lowest BCUT2D eigenvalue weighted by atomic mass is 10.1. The second-order valence-electron chi connectivity index (χ2n) is 6.43. The van der Waals surface area contributed by atoms with Crippen molar-refractivity contribution in [3.05, 3.63) is 73.5 Å². The molecule has 33 heavy (non-hydrogen) atoms. The van der Waals surface area contributed by atoms with Crippen molar-refractivity contribution < 1.29 is 9.13 Å². The summed E-state index contributed by atoms with van der Waals surface area (Å²) in [5.41, 5.74) is 5.20. The van der Waals surface area contributed by atoms with Crippen molar-refractivity contribution >= 4 is 32.2 Å². The minimum absolute atomic E-state index is 0.0841. The zero-order chi connectivity index (χ0) is 24.8. The summed E-state index contributed by atoms with van der Waals surface area (Å²) < 4.78 is 20.7. The molecule has 0 saturated heterocycles. The van der Waals surface area contributed by atoms with Gasteiger partial charge in [-0.1, -0.05) is 76.0 Å². The number of thiazole rings is 1. The molecule has 0 radical (unpaired) electrons. The number of rotatable bonds is 6. The third kappa shape index (κ3) is 7.75. The third-order valence-corrected chi connectivity index (χ3v) is 5.25. The van der Waals surface area contributed by atoms with Crippen molar-refractivity contribution in [3.8, 4) is 17.0 Å². The molecular weight excluding hydrogens is 433 g/mol. The van der Waals surface area contributed by atoms with Crippen molar-refractivity contribution in [2.75, 3.05) is 25.6 Å². The van der Waals surface area contributed by atoms with Gasteiger partial charge in [-0.25, -0.2) is 9.37 Å². The Morgan fingerprint density at radius 3 is 2.33 bits per heavy atom. The van der Waals surface area contributed by atoms with Crippen LogP contribution in [0.4, 0.5) is 10.1 Å². The molecule has 1 N–H and O–H groups in total. The van der Waals surface area contributed by atoms with E-state index in [9.17, 15) is 4.39 Å². The Morgan fingerprint density at radius 2 is 1.79 bits per heavy atom. The summed E-state index contributed by atoms with van der Waals surface area (Å²) in [6.07, 6.45) is 3.77. The van der Waals surface area contributed by atoms with E-state index < -0.39 is 6.67 Å². The molecule has 2 aromatic heterocycles. The molecule has 0 bridgehead atoms. The minimum atomic E-state index is -0.485. The fourth-order valence-corrected chi connectivity index (χ4v) is 3.71. The van der Waals surface area contributed by atoms with Gasteiger partial charge in [-0.2, -0.15) is 0 Å². The Bertz CT molecular complexity index is 1130. The van der Waals surface area contributed by atoms with Crippen LogP contribution in [0.3, 0.4) is 0 Å². The van der Waals surface area contributed by atoms with Crippen LogP contribution in [0.1, 0.15) is 34.6 Å². The van der Waals surface area contributed by atoms with Crippen LogP contribution in [0.25, 0.3) is 26.4 Å².